The summed E-state index contributed by atoms with van der Waals surface area (Å²) < 4.78 is 1.23. The largest absolute Gasteiger partial charge is 0.494 e. The maximum Gasteiger partial charge on any atom is 0.272 e. The minimum Gasteiger partial charge on any atom is -0.494 e. The lowest BCUT2D eigenvalue weighted by molar-refractivity contribution is 0.393. The number of benzene rings is 2. The number of hydrogen-bond acceptors (Lipinski definition) is 4. The van der Waals surface area contributed by atoms with E-state index >= 15 is 0 Å². The van der Waals surface area contributed by atoms with E-state index in [0.29, 0.717) is 21.8 Å². The zero-order valence-electron chi connectivity index (χ0n) is 16.3. The molecule has 0 saturated carbocycles. The number of aliphatic imine (C=N–C) groups is 1. The van der Waals surface area contributed by atoms with Crippen molar-refractivity contribution in [2.24, 2.45) is 4.99 Å². The standard InChI is InChI=1S/C23H20ClN3O2/c1-14-18(12-25)22(28)27(16(3)17-8-5-4-6-9-17)23(29)19(14)13-26-21-11-7-10-20(24)15(21)2/h4-11,13,16,29H,1-3H3. The van der Waals surface area contributed by atoms with Gasteiger partial charge in [0.05, 0.1) is 17.3 Å². The van der Waals surface area contributed by atoms with Gasteiger partial charge in [-0.25, -0.2) is 0 Å². The lowest BCUT2D eigenvalue weighted by Crippen LogP contribution is -2.28. The summed E-state index contributed by atoms with van der Waals surface area (Å²) in [6, 6.07) is 16.2. The zero-order valence-corrected chi connectivity index (χ0v) is 17.1. The second-order valence-corrected chi connectivity index (χ2v) is 7.16. The third kappa shape index (κ3) is 3.80. The van der Waals surface area contributed by atoms with Gasteiger partial charge in [-0.1, -0.05) is 48.0 Å². The highest BCUT2D eigenvalue weighted by Gasteiger charge is 2.22. The van der Waals surface area contributed by atoms with Crippen molar-refractivity contribution in [1.82, 2.24) is 4.57 Å². The third-order valence-electron chi connectivity index (χ3n) is 5.03. The lowest BCUT2D eigenvalue weighted by atomic mass is 10.0. The van der Waals surface area contributed by atoms with Crippen molar-refractivity contribution in [3.63, 3.8) is 0 Å². The van der Waals surface area contributed by atoms with E-state index in [1.54, 1.807) is 32.0 Å². The summed E-state index contributed by atoms with van der Waals surface area (Å²) in [5.74, 6) is -0.230. The first-order valence-corrected chi connectivity index (χ1v) is 9.46. The summed E-state index contributed by atoms with van der Waals surface area (Å²) in [6.07, 6.45) is 1.47. The molecule has 1 N–H and O–H groups in total. The van der Waals surface area contributed by atoms with Crippen LogP contribution in [0.2, 0.25) is 5.02 Å². The fourth-order valence-electron chi connectivity index (χ4n) is 3.21. The summed E-state index contributed by atoms with van der Waals surface area (Å²) in [5.41, 5.74) is 2.44. The molecule has 2 aromatic carbocycles. The first-order valence-electron chi connectivity index (χ1n) is 9.09. The smallest absolute Gasteiger partial charge is 0.272 e. The molecule has 146 valence electrons. The van der Waals surface area contributed by atoms with Gasteiger partial charge in [-0.2, -0.15) is 5.26 Å². The van der Waals surface area contributed by atoms with E-state index in [2.05, 4.69) is 4.99 Å². The zero-order chi connectivity index (χ0) is 21.1. The van der Waals surface area contributed by atoms with Crippen molar-refractivity contribution in [3.05, 3.63) is 91.7 Å². The molecule has 0 bridgehead atoms. The molecule has 1 heterocycles. The molecule has 6 heteroatoms. The molecule has 0 aliphatic heterocycles. The molecule has 0 radical (unpaired) electrons. The molecule has 1 aromatic heterocycles. The molecule has 0 saturated heterocycles. The van der Waals surface area contributed by atoms with Crippen LogP contribution in [0.1, 0.15) is 40.8 Å². The number of pyridine rings is 1. The fourth-order valence-corrected chi connectivity index (χ4v) is 3.37. The van der Waals surface area contributed by atoms with Crippen LogP contribution < -0.4 is 5.56 Å². The molecule has 29 heavy (non-hydrogen) atoms. The number of rotatable bonds is 4. The molecular weight excluding hydrogens is 386 g/mol. The molecule has 3 rings (SSSR count). The van der Waals surface area contributed by atoms with Gasteiger partial charge in [-0.3, -0.25) is 14.4 Å². The predicted molar refractivity (Wildman–Crippen MR) is 116 cm³/mol. The van der Waals surface area contributed by atoms with E-state index in [4.69, 9.17) is 11.6 Å². The van der Waals surface area contributed by atoms with Gasteiger partial charge in [0.25, 0.3) is 5.56 Å². The van der Waals surface area contributed by atoms with E-state index in [-0.39, 0.29) is 11.4 Å². The lowest BCUT2D eigenvalue weighted by Gasteiger charge is -2.20. The second kappa shape index (κ2) is 8.34. The summed E-state index contributed by atoms with van der Waals surface area (Å²) in [6.45, 7) is 5.28. The van der Waals surface area contributed by atoms with Crippen LogP contribution in [0, 0.1) is 25.2 Å². The van der Waals surface area contributed by atoms with E-state index in [1.807, 2.05) is 43.3 Å². The van der Waals surface area contributed by atoms with Crippen molar-refractivity contribution in [1.29, 1.82) is 5.26 Å². The van der Waals surface area contributed by atoms with Crippen LogP contribution in [0.5, 0.6) is 5.88 Å². The molecule has 3 aromatic rings. The molecule has 0 aliphatic rings. The normalized spacial score (nSPS) is 12.1. The summed E-state index contributed by atoms with van der Waals surface area (Å²) >= 11 is 6.15. The Morgan fingerprint density at radius 1 is 1.14 bits per heavy atom. The van der Waals surface area contributed by atoms with Crippen molar-refractivity contribution in [2.75, 3.05) is 0 Å². The SMILES string of the molecule is Cc1c(Cl)cccc1N=Cc1c(C)c(C#N)c(=O)n(C(C)c2ccccc2)c1O. The molecule has 0 spiro atoms. The monoisotopic (exact) mass is 405 g/mol. The highest BCUT2D eigenvalue weighted by Crippen LogP contribution is 2.29. The highest BCUT2D eigenvalue weighted by molar-refractivity contribution is 6.31. The van der Waals surface area contributed by atoms with Gasteiger partial charge in [-0.15, -0.1) is 0 Å². The average molecular weight is 406 g/mol. The highest BCUT2D eigenvalue weighted by atomic mass is 35.5. The second-order valence-electron chi connectivity index (χ2n) is 6.75. The Labute approximate surface area is 174 Å². The van der Waals surface area contributed by atoms with Gasteiger partial charge in [0.2, 0.25) is 5.88 Å². The number of hydrogen-bond donors (Lipinski definition) is 1. The predicted octanol–water partition coefficient (Wildman–Crippen LogP) is 5.06. The van der Waals surface area contributed by atoms with Gasteiger partial charge in [0.15, 0.2) is 0 Å². The van der Waals surface area contributed by atoms with Crippen molar-refractivity contribution in [2.45, 2.75) is 26.8 Å². The quantitative estimate of drug-likeness (QED) is 0.616. The van der Waals surface area contributed by atoms with Gasteiger partial charge < -0.3 is 5.11 Å². The third-order valence-corrected chi connectivity index (χ3v) is 5.44. The Balaban J connectivity index is 2.20. The molecule has 5 nitrogen and oxygen atoms in total. The van der Waals surface area contributed by atoms with E-state index < -0.39 is 11.6 Å². The number of halogens is 1. The van der Waals surface area contributed by atoms with Gasteiger partial charge in [0, 0.05) is 11.2 Å². The number of nitrogens with zero attached hydrogens (tertiary/aromatic N) is 3. The fraction of sp³-hybridized carbons (Fsp3) is 0.174. The maximum absolute atomic E-state index is 12.9. The number of aromatic nitrogens is 1. The van der Waals surface area contributed by atoms with Gasteiger partial charge in [-0.05, 0) is 49.6 Å². The Morgan fingerprint density at radius 3 is 2.48 bits per heavy atom. The Bertz CT molecular complexity index is 1190. The number of aromatic hydroxyl groups is 1. The van der Waals surface area contributed by atoms with Crippen LogP contribution >= 0.6 is 11.6 Å². The van der Waals surface area contributed by atoms with Crippen LogP contribution in [-0.4, -0.2) is 15.9 Å². The van der Waals surface area contributed by atoms with Gasteiger partial charge >= 0.3 is 0 Å². The topological polar surface area (TPSA) is 78.4 Å². The maximum atomic E-state index is 12.9. The minimum absolute atomic E-state index is 0.0187. The van der Waals surface area contributed by atoms with E-state index in [1.165, 1.54) is 10.8 Å². The van der Waals surface area contributed by atoms with Crippen LogP contribution in [0.25, 0.3) is 0 Å². The average Bonchev–Trinajstić information content (AvgIpc) is 2.71. The van der Waals surface area contributed by atoms with E-state index in [9.17, 15) is 15.2 Å². The van der Waals surface area contributed by atoms with Crippen LogP contribution in [0.3, 0.4) is 0 Å². The van der Waals surface area contributed by atoms with E-state index in [0.717, 1.165) is 11.1 Å². The Hall–Kier alpha value is -3.36. The summed E-state index contributed by atoms with van der Waals surface area (Å²) in [4.78, 5) is 17.3. The molecular formula is C23H20ClN3O2. The van der Waals surface area contributed by atoms with Crippen LogP contribution in [0.15, 0.2) is 58.3 Å². The minimum atomic E-state index is -0.532. The molecule has 0 fully saturated rings. The molecule has 0 amide bonds. The Morgan fingerprint density at radius 2 is 1.83 bits per heavy atom. The first kappa shape index (κ1) is 20.4. The van der Waals surface area contributed by atoms with Crippen LogP contribution in [0.4, 0.5) is 5.69 Å². The van der Waals surface area contributed by atoms with Crippen molar-refractivity contribution in [3.8, 4) is 11.9 Å². The molecule has 1 unspecified atom stereocenters. The molecule has 0 aliphatic carbocycles. The van der Waals surface area contributed by atoms with Crippen LogP contribution in [-0.2, 0) is 0 Å². The molecule has 1 atom stereocenters. The summed E-state index contributed by atoms with van der Waals surface area (Å²) in [5, 5.41) is 21.1. The number of nitriles is 1. The van der Waals surface area contributed by atoms with Crippen molar-refractivity contribution >= 4 is 23.5 Å². The first-order chi connectivity index (χ1) is 13.9. The van der Waals surface area contributed by atoms with Gasteiger partial charge in [0.1, 0.15) is 11.6 Å². The summed E-state index contributed by atoms with van der Waals surface area (Å²) in [7, 11) is 0. The Kier molecular flexibility index (Phi) is 5.86. The van der Waals surface area contributed by atoms with Crippen molar-refractivity contribution < 1.29 is 5.11 Å².